The van der Waals surface area contributed by atoms with Crippen molar-refractivity contribution < 1.29 is 9.84 Å². The zero-order valence-electron chi connectivity index (χ0n) is 13.4. The quantitative estimate of drug-likeness (QED) is 0.734. The van der Waals surface area contributed by atoms with Gasteiger partial charge in [0.2, 0.25) is 0 Å². The van der Waals surface area contributed by atoms with Crippen LogP contribution in [0.25, 0.3) is 11.0 Å². The number of fused-ring (bicyclic) bond motifs is 1. The molecule has 0 saturated heterocycles. The number of hydrogen-bond donors (Lipinski definition) is 2. The molecular weight excluding hydrogens is 290 g/mol. The van der Waals surface area contributed by atoms with Crippen molar-refractivity contribution in [2.24, 2.45) is 7.05 Å². The summed E-state index contributed by atoms with van der Waals surface area (Å²) in [6.45, 7) is 2.42. The second-order valence-electron chi connectivity index (χ2n) is 5.48. The minimum atomic E-state index is 0.0176. The third-order valence-corrected chi connectivity index (χ3v) is 3.81. The van der Waals surface area contributed by atoms with Crippen LogP contribution in [0.2, 0.25) is 0 Å². The Morgan fingerprint density at radius 3 is 2.61 bits per heavy atom. The monoisotopic (exact) mass is 311 g/mol. The van der Waals surface area contributed by atoms with E-state index >= 15 is 0 Å². The summed E-state index contributed by atoms with van der Waals surface area (Å²) in [7, 11) is 2.04. The summed E-state index contributed by atoms with van der Waals surface area (Å²) in [5, 5.41) is 12.2. The number of aliphatic hydroxyl groups is 1. The first-order valence-corrected chi connectivity index (χ1v) is 7.70. The Kier molecular flexibility index (Phi) is 4.48. The van der Waals surface area contributed by atoms with E-state index in [0.29, 0.717) is 6.61 Å². The van der Waals surface area contributed by atoms with Gasteiger partial charge in [-0.15, -0.1) is 0 Å². The SMILES string of the molecule is CC(Nc1ccc(OCCO)cc1)c1nc2ccccc2n1C. The number of para-hydroxylation sites is 2. The van der Waals surface area contributed by atoms with Gasteiger partial charge < -0.3 is 19.7 Å². The molecule has 3 aromatic rings. The van der Waals surface area contributed by atoms with Crippen LogP contribution < -0.4 is 10.1 Å². The minimum absolute atomic E-state index is 0.0176. The van der Waals surface area contributed by atoms with E-state index in [4.69, 9.17) is 14.8 Å². The predicted molar refractivity (Wildman–Crippen MR) is 91.8 cm³/mol. The summed E-state index contributed by atoms with van der Waals surface area (Å²) >= 11 is 0. The van der Waals surface area contributed by atoms with Gasteiger partial charge in [-0.05, 0) is 43.3 Å². The molecule has 1 unspecified atom stereocenters. The molecule has 0 spiro atoms. The number of hydrogen-bond acceptors (Lipinski definition) is 4. The van der Waals surface area contributed by atoms with Gasteiger partial charge in [0, 0.05) is 12.7 Å². The Labute approximate surface area is 135 Å². The topological polar surface area (TPSA) is 59.3 Å². The summed E-state index contributed by atoms with van der Waals surface area (Å²) < 4.78 is 7.48. The molecule has 120 valence electrons. The number of benzene rings is 2. The number of ether oxygens (including phenoxy) is 1. The fraction of sp³-hybridized carbons (Fsp3) is 0.278. The first kappa shape index (κ1) is 15.4. The van der Waals surface area contributed by atoms with Crippen LogP contribution in [-0.2, 0) is 7.05 Å². The van der Waals surface area contributed by atoms with Crippen LogP contribution in [0, 0.1) is 0 Å². The molecule has 1 aromatic heterocycles. The lowest BCUT2D eigenvalue weighted by Crippen LogP contribution is -2.12. The maximum atomic E-state index is 8.77. The van der Waals surface area contributed by atoms with Crippen molar-refractivity contribution in [1.29, 1.82) is 0 Å². The Bertz CT molecular complexity index is 781. The van der Waals surface area contributed by atoms with Crippen LogP contribution in [0.4, 0.5) is 5.69 Å². The molecule has 0 bridgehead atoms. The van der Waals surface area contributed by atoms with E-state index in [1.54, 1.807) is 0 Å². The minimum Gasteiger partial charge on any atom is -0.491 e. The molecule has 0 aliphatic heterocycles. The van der Waals surface area contributed by atoms with E-state index < -0.39 is 0 Å². The lowest BCUT2D eigenvalue weighted by molar-refractivity contribution is 0.201. The number of aliphatic hydroxyl groups excluding tert-OH is 1. The van der Waals surface area contributed by atoms with Crippen molar-refractivity contribution in [2.75, 3.05) is 18.5 Å². The first-order chi connectivity index (χ1) is 11.2. The Balaban J connectivity index is 1.75. The molecule has 5 nitrogen and oxygen atoms in total. The van der Waals surface area contributed by atoms with E-state index in [-0.39, 0.29) is 12.6 Å². The van der Waals surface area contributed by atoms with Gasteiger partial charge in [0.1, 0.15) is 18.2 Å². The number of aryl methyl sites for hydroxylation is 1. The molecule has 5 heteroatoms. The zero-order chi connectivity index (χ0) is 16.2. The normalized spacial score (nSPS) is 12.3. The number of rotatable bonds is 6. The second kappa shape index (κ2) is 6.71. The molecule has 23 heavy (non-hydrogen) atoms. The summed E-state index contributed by atoms with van der Waals surface area (Å²) in [6.07, 6.45) is 0. The van der Waals surface area contributed by atoms with Crippen LogP contribution in [-0.4, -0.2) is 27.9 Å². The van der Waals surface area contributed by atoms with Crippen molar-refractivity contribution in [2.45, 2.75) is 13.0 Å². The van der Waals surface area contributed by atoms with Gasteiger partial charge in [-0.2, -0.15) is 0 Å². The van der Waals surface area contributed by atoms with Crippen molar-refractivity contribution in [1.82, 2.24) is 9.55 Å². The number of imidazole rings is 1. The lowest BCUT2D eigenvalue weighted by atomic mass is 10.2. The van der Waals surface area contributed by atoms with Crippen LogP contribution in [0.3, 0.4) is 0 Å². The van der Waals surface area contributed by atoms with Gasteiger partial charge in [-0.25, -0.2) is 4.98 Å². The van der Waals surface area contributed by atoms with E-state index in [2.05, 4.69) is 22.9 Å². The van der Waals surface area contributed by atoms with E-state index in [0.717, 1.165) is 28.3 Å². The Hall–Kier alpha value is -2.53. The summed E-state index contributed by atoms with van der Waals surface area (Å²) in [6, 6.07) is 15.9. The number of nitrogens with one attached hydrogen (secondary N) is 1. The molecule has 1 atom stereocenters. The molecule has 3 rings (SSSR count). The van der Waals surface area contributed by atoms with Crippen LogP contribution >= 0.6 is 0 Å². The summed E-state index contributed by atoms with van der Waals surface area (Å²) in [5.74, 6) is 1.74. The average molecular weight is 311 g/mol. The molecule has 0 amide bonds. The highest BCUT2D eigenvalue weighted by Crippen LogP contribution is 2.23. The maximum absolute atomic E-state index is 8.77. The average Bonchev–Trinajstić information content (AvgIpc) is 2.92. The van der Waals surface area contributed by atoms with Crippen molar-refractivity contribution in [3.63, 3.8) is 0 Å². The predicted octanol–water partition coefficient (Wildman–Crippen LogP) is 3.12. The Morgan fingerprint density at radius 2 is 1.91 bits per heavy atom. The molecule has 0 aliphatic carbocycles. The maximum Gasteiger partial charge on any atom is 0.131 e. The van der Waals surface area contributed by atoms with Crippen LogP contribution in [0.15, 0.2) is 48.5 Å². The van der Waals surface area contributed by atoms with Gasteiger partial charge in [-0.3, -0.25) is 0 Å². The van der Waals surface area contributed by atoms with Gasteiger partial charge in [-0.1, -0.05) is 12.1 Å². The van der Waals surface area contributed by atoms with Crippen molar-refractivity contribution >= 4 is 16.7 Å². The van der Waals surface area contributed by atoms with Crippen LogP contribution in [0.1, 0.15) is 18.8 Å². The molecule has 1 heterocycles. The number of anilines is 1. The van der Waals surface area contributed by atoms with Gasteiger partial charge in [0.15, 0.2) is 0 Å². The summed E-state index contributed by atoms with van der Waals surface area (Å²) in [5.41, 5.74) is 3.14. The second-order valence-corrected chi connectivity index (χ2v) is 5.48. The highest BCUT2D eigenvalue weighted by atomic mass is 16.5. The van der Waals surface area contributed by atoms with Crippen molar-refractivity contribution in [3.05, 3.63) is 54.4 Å². The first-order valence-electron chi connectivity index (χ1n) is 7.70. The van der Waals surface area contributed by atoms with E-state index in [1.165, 1.54) is 0 Å². The number of aromatic nitrogens is 2. The molecule has 2 aromatic carbocycles. The third kappa shape index (κ3) is 3.29. The standard InChI is InChI=1S/C18H21N3O2/c1-13(18-20-16-5-3-4-6-17(16)21(18)2)19-14-7-9-15(10-8-14)23-12-11-22/h3-10,13,19,22H,11-12H2,1-2H3. The van der Waals surface area contributed by atoms with Gasteiger partial charge in [0.25, 0.3) is 0 Å². The number of nitrogens with zero attached hydrogens (tertiary/aromatic N) is 2. The van der Waals surface area contributed by atoms with E-state index in [9.17, 15) is 0 Å². The highest BCUT2D eigenvalue weighted by molar-refractivity contribution is 5.76. The fourth-order valence-electron chi connectivity index (χ4n) is 2.68. The third-order valence-electron chi connectivity index (χ3n) is 3.81. The van der Waals surface area contributed by atoms with Crippen LogP contribution in [0.5, 0.6) is 5.75 Å². The zero-order valence-corrected chi connectivity index (χ0v) is 13.4. The summed E-state index contributed by atoms with van der Waals surface area (Å²) in [4.78, 5) is 4.71. The van der Waals surface area contributed by atoms with Gasteiger partial charge in [0.05, 0.1) is 23.7 Å². The molecule has 0 aliphatic rings. The molecule has 0 fully saturated rings. The lowest BCUT2D eigenvalue weighted by Gasteiger charge is -2.15. The molecule has 2 N–H and O–H groups in total. The van der Waals surface area contributed by atoms with Gasteiger partial charge >= 0.3 is 0 Å². The molecule has 0 saturated carbocycles. The highest BCUT2D eigenvalue weighted by Gasteiger charge is 2.14. The Morgan fingerprint density at radius 1 is 1.17 bits per heavy atom. The van der Waals surface area contributed by atoms with Crippen molar-refractivity contribution in [3.8, 4) is 5.75 Å². The molecule has 0 radical (unpaired) electrons. The fourth-order valence-corrected chi connectivity index (χ4v) is 2.68. The van der Waals surface area contributed by atoms with E-state index in [1.807, 2.05) is 49.5 Å². The molecular formula is C18H21N3O2. The largest absolute Gasteiger partial charge is 0.491 e. The smallest absolute Gasteiger partial charge is 0.131 e.